The van der Waals surface area contributed by atoms with Crippen molar-refractivity contribution in [1.82, 2.24) is 0 Å². The lowest BCUT2D eigenvalue weighted by Gasteiger charge is -2.12. The molecule has 0 aromatic heterocycles. The van der Waals surface area contributed by atoms with Gasteiger partial charge in [0.2, 0.25) is 0 Å². The van der Waals surface area contributed by atoms with Crippen LogP contribution in [0.3, 0.4) is 0 Å². The number of nitrogens with zero attached hydrogens (tertiary/aromatic N) is 1. The van der Waals surface area contributed by atoms with E-state index in [1.165, 1.54) is 0 Å². The van der Waals surface area contributed by atoms with Gasteiger partial charge in [0.05, 0.1) is 5.56 Å². The molecule has 20 heavy (non-hydrogen) atoms. The van der Waals surface area contributed by atoms with E-state index in [9.17, 15) is 0 Å². The normalized spacial score (nSPS) is 11.4. The average Bonchev–Trinajstić information content (AvgIpc) is 2.46. The molecule has 0 radical (unpaired) electrons. The van der Waals surface area contributed by atoms with Gasteiger partial charge in [-0.15, -0.1) is 0 Å². The maximum Gasteiger partial charge on any atom is 0.174 e. The minimum atomic E-state index is -0.0216. The van der Waals surface area contributed by atoms with E-state index < -0.39 is 0 Å². The number of rotatable bonds is 4. The molecule has 4 nitrogen and oxygen atoms in total. The van der Waals surface area contributed by atoms with Crippen molar-refractivity contribution < 1.29 is 9.94 Å². The highest BCUT2D eigenvalue weighted by Crippen LogP contribution is 2.28. The zero-order valence-corrected chi connectivity index (χ0v) is 12.7. The third kappa shape index (κ3) is 3.23. The quantitative estimate of drug-likeness (QED) is 0.379. The fraction of sp³-hybridized carbons (Fsp3) is 0.0714. The molecule has 0 fully saturated rings. The second-order valence-corrected chi connectivity index (χ2v) is 5.24. The maximum atomic E-state index is 8.83. The summed E-state index contributed by atoms with van der Waals surface area (Å²) in [5.74, 6) is 0.487. The van der Waals surface area contributed by atoms with Crippen LogP contribution in [-0.4, -0.2) is 11.0 Å². The molecule has 6 heteroatoms. The average molecular weight is 356 g/mol. The van der Waals surface area contributed by atoms with Crippen LogP contribution in [0.4, 0.5) is 0 Å². The largest absolute Gasteiger partial charge is 0.488 e. The van der Waals surface area contributed by atoms with E-state index in [0.29, 0.717) is 27.4 Å². The summed E-state index contributed by atoms with van der Waals surface area (Å²) in [5, 5.41) is 12.5. The van der Waals surface area contributed by atoms with Crippen LogP contribution in [0.2, 0.25) is 5.02 Å². The van der Waals surface area contributed by atoms with Crippen molar-refractivity contribution in [1.29, 1.82) is 0 Å². The fourth-order valence-electron chi connectivity index (χ4n) is 1.69. The molecule has 0 spiro atoms. The number of oxime groups is 1. The summed E-state index contributed by atoms with van der Waals surface area (Å²) in [4.78, 5) is 0. The van der Waals surface area contributed by atoms with Gasteiger partial charge in [-0.3, -0.25) is 0 Å². The molecule has 0 saturated carbocycles. The van der Waals surface area contributed by atoms with Gasteiger partial charge in [0.1, 0.15) is 12.4 Å². The van der Waals surface area contributed by atoms with Gasteiger partial charge >= 0.3 is 0 Å². The van der Waals surface area contributed by atoms with E-state index in [1.807, 2.05) is 18.2 Å². The summed E-state index contributed by atoms with van der Waals surface area (Å²) in [6.07, 6.45) is 0. The highest BCUT2D eigenvalue weighted by Gasteiger charge is 2.13. The van der Waals surface area contributed by atoms with Crippen LogP contribution < -0.4 is 10.5 Å². The molecule has 0 bridgehead atoms. The molecular weight excluding hydrogens is 344 g/mol. The van der Waals surface area contributed by atoms with Gasteiger partial charge in [0.25, 0.3) is 0 Å². The molecule has 2 aromatic rings. The number of benzene rings is 2. The van der Waals surface area contributed by atoms with Crippen molar-refractivity contribution in [3.63, 3.8) is 0 Å². The number of nitrogens with two attached hydrogens (primary N) is 1. The first-order valence-corrected chi connectivity index (χ1v) is 6.93. The minimum Gasteiger partial charge on any atom is -0.488 e. The van der Waals surface area contributed by atoms with Gasteiger partial charge in [-0.1, -0.05) is 41.0 Å². The Kier molecular flexibility index (Phi) is 4.87. The monoisotopic (exact) mass is 354 g/mol. The predicted octanol–water partition coefficient (Wildman–Crippen LogP) is 3.78. The summed E-state index contributed by atoms with van der Waals surface area (Å²) in [5.41, 5.74) is 7.02. The van der Waals surface area contributed by atoms with E-state index in [2.05, 4.69) is 21.1 Å². The van der Waals surface area contributed by atoms with Crippen LogP contribution >= 0.6 is 27.5 Å². The van der Waals surface area contributed by atoms with Crippen LogP contribution in [-0.2, 0) is 6.61 Å². The van der Waals surface area contributed by atoms with Gasteiger partial charge in [0.15, 0.2) is 5.84 Å². The molecule has 2 rings (SSSR count). The highest BCUT2D eigenvalue weighted by molar-refractivity contribution is 9.10. The number of hydrogen-bond donors (Lipinski definition) is 2. The number of amidine groups is 1. The van der Waals surface area contributed by atoms with Gasteiger partial charge in [-0.25, -0.2) is 0 Å². The van der Waals surface area contributed by atoms with E-state index >= 15 is 0 Å². The topological polar surface area (TPSA) is 67.8 Å². The zero-order chi connectivity index (χ0) is 14.5. The Balaban J connectivity index is 2.27. The van der Waals surface area contributed by atoms with Gasteiger partial charge in [-0.05, 0) is 34.1 Å². The molecule has 3 N–H and O–H groups in total. The molecule has 0 aliphatic rings. The Morgan fingerprint density at radius 3 is 2.70 bits per heavy atom. The fourth-order valence-corrected chi connectivity index (χ4v) is 2.44. The molecule has 0 amide bonds. The number of halogens is 2. The van der Waals surface area contributed by atoms with Crippen LogP contribution in [0, 0.1) is 0 Å². The summed E-state index contributed by atoms with van der Waals surface area (Å²) in [6, 6.07) is 12.8. The van der Waals surface area contributed by atoms with Crippen molar-refractivity contribution in [2.45, 2.75) is 6.61 Å². The molecule has 2 aromatic carbocycles. The highest BCUT2D eigenvalue weighted by atomic mass is 79.9. The predicted molar refractivity (Wildman–Crippen MR) is 82.4 cm³/mol. The van der Waals surface area contributed by atoms with Crippen LogP contribution in [0.1, 0.15) is 11.1 Å². The van der Waals surface area contributed by atoms with E-state index in [4.69, 9.17) is 27.3 Å². The standard InChI is InChI=1S/C14H12BrClN2O2/c15-10-5-3-7-12(13(10)14(17)18-19)20-8-9-4-1-2-6-11(9)16/h1-7,19H,8H2,(H2,17,18). The van der Waals surface area contributed by atoms with Crippen molar-refractivity contribution in [2.24, 2.45) is 10.9 Å². The Morgan fingerprint density at radius 2 is 2.00 bits per heavy atom. The van der Waals surface area contributed by atoms with E-state index in [1.54, 1.807) is 24.3 Å². The summed E-state index contributed by atoms with van der Waals surface area (Å²) in [6.45, 7) is 0.293. The van der Waals surface area contributed by atoms with Gasteiger partial charge in [-0.2, -0.15) is 0 Å². The molecule has 104 valence electrons. The second kappa shape index (κ2) is 6.63. The van der Waals surface area contributed by atoms with Gasteiger partial charge in [0, 0.05) is 15.1 Å². The molecule has 0 heterocycles. The zero-order valence-electron chi connectivity index (χ0n) is 10.4. The Morgan fingerprint density at radius 1 is 1.25 bits per heavy atom. The Hall–Kier alpha value is -1.72. The first-order chi connectivity index (χ1) is 9.63. The van der Waals surface area contributed by atoms with Crippen LogP contribution in [0.15, 0.2) is 52.1 Å². The van der Waals surface area contributed by atoms with E-state index in [0.717, 1.165) is 5.56 Å². The Labute approximate surface area is 129 Å². The second-order valence-electron chi connectivity index (χ2n) is 3.98. The van der Waals surface area contributed by atoms with Gasteiger partial charge < -0.3 is 15.7 Å². The molecule has 0 atom stereocenters. The molecular formula is C14H12BrClN2O2. The lowest BCUT2D eigenvalue weighted by atomic mass is 10.2. The molecule has 0 saturated heterocycles. The number of ether oxygens (including phenoxy) is 1. The molecule has 0 aliphatic carbocycles. The summed E-state index contributed by atoms with van der Waals surface area (Å²) in [7, 11) is 0. The van der Waals surface area contributed by atoms with Crippen molar-refractivity contribution in [3.8, 4) is 5.75 Å². The number of hydrogen-bond acceptors (Lipinski definition) is 3. The third-order valence-corrected chi connectivity index (χ3v) is 3.71. The van der Waals surface area contributed by atoms with Crippen LogP contribution in [0.25, 0.3) is 0 Å². The summed E-state index contributed by atoms with van der Waals surface area (Å²) >= 11 is 9.42. The van der Waals surface area contributed by atoms with Crippen molar-refractivity contribution >= 4 is 33.4 Å². The third-order valence-electron chi connectivity index (χ3n) is 2.68. The Bertz CT molecular complexity index is 647. The minimum absolute atomic E-state index is 0.0216. The van der Waals surface area contributed by atoms with Crippen molar-refractivity contribution in [3.05, 3.63) is 63.1 Å². The SMILES string of the molecule is N/C(=N/O)c1c(Br)cccc1OCc1ccccc1Cl. The maximum absolute atomic E-state index is 8.83. The smallest absolute Gasteiger partial charge is 0.174 e. The molecule has 0 unspecified atom stereocenters. The first-order valence-electron chi connectivity index (χ1n) is 5.76. The van der Waals surface area contributed by atoms with E-state index in [-0.39, 0.29) is 5.84 Å². The summed E-state index contributed by atoms with van der Waals surface area (Å²) < 4.78 is 6.41. The lowest BCUT2D eigenvalue weighted by molar-refractivity contribution is 0.303. The first kappa shape index (κ1) is 14.7. The van der Waals surface area contributed by atoms with Crippen molar-refractivity contribution in [2.75, 3.05) is 0 Å². The molecule has 0 aliphatic heterocycles. The lowest BCUT2D eigenvalue weighted by Crippen LogP contribution is -2.15. The van der Waals surface area contributed by atoms with Crippen LogP contribution in [0.5, 0.6) is 5.75 Å².